The van der Waals surface area contributed by atoms with Crippen molar-refractivity contribution in [3.8, 4) is 0 Å². The molecule has 2 atom stereocenters. The largest absolute Gasteiger partial charge is 0.326 e. The van der Waals surface area contributed by atoms with E-state index in [0.29, 0.717) is 12.8 Å². The van der Waals surface area contributed by atoms with Gasteiger partial charge in [-0.3, -0.25) is 9.59 Å². The normalized spacial score (nSPS) is 31.1. The Morgan fingerprint density at radius 3 is 2.75 bits per heavy atom. The van der Waals surface area contributed by atoms with Crippen LogP contribution in [0, 0.1) is 11.8 Å². The Balaban J connectivity index is 1.62. The molecule has 0 aromatic rings. The smallest absolute Gasteiger partial charge is 0.240 e. The summed E-state index contributed by atoms with van der Waals surface area (Å²) in [5.74, 6) is 0.187. The van der Waals surface area contributed by atoms with Gasteiger partial charge in [0.15, 0.2) is 0 Å². The van der Waals surface area contributed by atoms with Gasteiger partial charge in [0.05, 0.1) is 11.3 Å². The van der Waals surface area contributed by atoms with E-state index in [9.17, 15) is 9.59 Å². The number of nitrogens with two attached hydrogens (primary N) is 1. The molecule has 0 saturated heterocycles. The van der Waals surface area contributed by atoms with E-state index in [1.54, 1.807) is 0 Å². The van der Waals surface area contributed by atoms with Crippen LogP contribution in [0.15, 0.2) is 29.0 Å². The van der Waals surface area contributed by atoms with Crippen LogP contribution in [0.1, 0.15) is 51.9 Å². The van der Waals surface area contributed by atoms with Crippen molar-refractivity contribution in [3.63, 3.8) is 0 Å². The van der Waals surface area contributed by atoms with E-state index in [2.05, 4.69) is 15.8 Å². The summed E-state index contributed by atoms with van der Waals surface area (Å²) in [6, 6.07) is 0. The lowest BCUT2D eigenvalue weighted by molar-refractivity contribution is -0.125. The Labute approximate surface area is 142 Å². The second kappa shape index (κ2) is 6.89. The molecule has 2 unspecified atom stereocenters. The topological polar surface area (TPSA) is 96.6 Å². The maximum Gasteiger partial charge on any atom is 0.240 e. The molecule has 6 heteroatoms. The third kappa shape index (κ3) is 3.59. The van der Waals surface area contributed by atoms with Gasteiger partial charge in [0.2, 0.25) is 11.8 Å². The molecule has 1 heterocycles. The van der Waals surface area contributed by atoms with Crippen LogP contribution in [-0.4, -0.2) is 23.1 Å². The van der Waals surface area contributed by atoms with E-state index in [-0.39, 0.29) is 23.7 Å². The molecule has 2 amide bonds. The standard InChI is InChI=1S/C18H26N4O2/c1-12-11-15(23)21-22-16(12)18(19)9-7-14(8-10-18)20-17(24)13-5-3-2-4-6-13/h7-9,12-13H,2-6,10-11,19H2,1H3,(H,20,24)(H,21,23). The van der Waals surface area contributed by atoms with E-state index in [1.165, 1.54) is 6.42 Å². The molecule has 0 aromatic heterocycles. The van der Waals surface area contributed by atoms with Crippen LogP contribution in [0.5, 0.6) is 0 Å². The third-order valence-electron chi connectivity index (χ3n) is 5.20. The van der Waals surface area contributed by atoms with Gasteiger partial charge < -0.3 is 11.1 Å². The minimum atomic E-state index is -0.702. The first kappa shape index (κ1) is 16.9. The number of amides is 2. The highest BCUT2D eigenvalue weighted by atomic mass is 16.2. The lowest BCUT2D eigenvalue weighted by Crippen LogP contribution is -2.52. The highest BCUT2D eigenvalue weighted by molar-refractivity contribution is 6.02. The number of carbonyl (C=O) groups excluding carboxylic acids is 2. The molecule has 0 bridgehead atoms. The number of carbonyl (C=O) groups is 2. The van der Waals surface area contributed by atoms with Gasteiger partial charge >= 0.3 is 0 Å². The maximum absolute atomic E-state index is 12.3. The van der Waals surface area contributed by atoms with Gasteiger partial charge in [-0.25, -0.2) is 5.43 Å². The summed E-state index contributed by atoms with van der Waals surface area (Å²) < 4.78 is 0. The van der Waals surface area contributed by atoms with Crippen molar-refractivity contribution in [1.29, 1.82) is 0 Å². The minimum absolute atomic E-state index is 0.0141. The molecule has 0 radical (unpaired) electrons. The van der Waals surface area contributed by atoms with Crippen molar-refractivity contribution >= 4 is 17.5 Å². The van der Waals surface area contributed by atoms with Gasteiger partial charge in [-0.15, -0.1) is 0 Å². The fourth-order valence-electron chi connectivity index (χ4n) is 3.76. The minimum Gasteiger partial charge on any atom is -0.326 e. The van der Waals surface area contributed by atoms with Gasteiger partial charge in [0.1, 0.15) is 0 Å². The number of allylic oxidation sites excluding steroid dienone is 1. The van der Waals surface area contributed by atoms with Crippen LogP contribution in [0.2, 0.25) is 0 Å². The van der Waals surface area contributed by atoms with Crippen molar-refractivity contribution in [1.82, 2.24) is 10.7 Å². The summed E-state index contributed by atoms with van der Waals surface area (Å²) in [6.45, 7) is 1.96. The third-order valence-corrected chi connectivity index (χ3v) is 5.20. The highest BCUT2D eigenvalue weighted by Crippen LogP contribution is 2.27. The second-order valence-corrected chi connectivity index (χ2v) is 7.20. The van der Waals surface area contributed by atoms with Crippen LogP contribution in [0.3, 0.4) is 0 Å². The van der Waals surface area contributed by atoms with Crippen LogP contribution < -0.4 is 16.5 Å². The van der Waals surface area contributed by atoms with Crippen molar-refractivity contribution in [3.05, 3.63) is 23.9 Å². The number of hydrazone groups is 1. The van der Waals surface area contributed by atoms with Crippen LogP contribution in [-0.2, 0) is 9.59 Å². The average Bonchev–Trinajstić information content (AvgIpc) is 2.57. The van der Waals surface area contributed by atoms with Crippen molar-refractivity contribution in [2.75, 3.05) is 0 Å². The molecule has 1 fully saturated rings. The Kier molecular flexibility index (Phi) is 4.85. The zero-order valence-corrected chi connectivity index (χ0v) is 14.2. The Morgan fingerprint density at radius 1 is 1.38 bits per heavy atom. The summed E-state index contributed by atoms with van der Waals surface area (Å²) in [7, 11) is 0. The summed E-state index contributed by atoms with van der Waals surface area (Å²) in [4.78, 5) is 23.7. The van der Waals surface area contributed by atoms with E-state index in [0.717, 1.165) is 37.1 Å². The molecule has 3 aliphatic rings. The van der Waals surface area contributed by atoms with E-state index < -0.39 is 5.54 Å². The lowest BCUT2D eigenvalue weighted by atomic mass is 9.79. The van der Waals surface area contributed by atoms with Crippen molar-refractivity contribution in [2.45, 2.75) is 57.4 Å². The van der Waals surface area contributed by atoms with Gasteiger partial charge in [-0.2, -0.15) is 5.10 Å². The van der Waals surface area contributed by atoms with Gasteiger partial charge in [0.25, 0.3) is 0 Å². The molecule has 1 aliphatic heterocycles. The number of nitrogens with zero attached hydrogens (tertiary/aromatic N) is 1. The Hall–Kier alpha value is -1.95. The van der Waals surface area contributed by atoms with E-state index in [1.807, 2.05) is 25.2 Å². The van der Waals surface area contributed by atoms with Crippen molar-refractivity contribution < 1.29 is 9.59 Å². The fraction of sp³-hybridized carbons (Fsp3) is 0.611. The molecule has 24 heavy (non-hydrogen) atoms. The molecule has 4 N–H and O–H groups in total. The quantitative estimate of drug-likeness (QED) is 0.735. The van der Waals surface area contributed by atoms with E-state index in [4.69, 9.17) is 5.73 Å². The number of rotatable bonds is 3. The molecular formula is C18H26N4O2. The molecular weight excluding hydrogens is 304 g/mol. The predicted octanol–water partition coefficient (Wildman–Crippen LogP) is 1.74. The first-order valence-electron chi connectivity index (χ1n) is 8.84. The van der Waals surface area contributed by atoms with Gasteiger partial charge in [-0.05, 0) is 25.3 Å². The summed E-state index contributed by atoms with van der Waals surface area (Å²) >= 11 is 0. The van der Waals surface area contributed by atoms with Crippen LogP contribution >= 0.6 is 0 Å². The number of hydrogen-bond acceptors (Lipinski definition) is 4. The van der Waals surface area contributed by atoms with Crippen molar-refractivity contribution in [2.24, 2.45) is 22.7 Å². The summed E-state index contributed by atoms with van der Waals surface area (Å²) in [5.41, 5.74) is 9.88. The molecule has 2 aliphatic carbocycles. The summed E-state index contributed by atoms with van der Waals surface area (Å²) in [6.07, 6.45) is 12.1. The number of hydrogen-bond donors (Lipinski definition) is 3. The Morgan fingerprint density at radius 2 is 2.12 bits per heavy atom. The molecule has 0 aromatic carbocycles. The number of nitrogens with one attached hydrogen (secondary N) is 2. The molecule has 6 nitrogen and oxygen atoms in total. The second-order valence-electron chi connectivity index (χ2n) is 7.20. The van der Waals surface area contributed by atoms with Crippen LogP contribution in [0.25, 0.3) is 0 Å². The van der Waals surface area contributed by atoms with Gasteiger partial charge in [0, 0.05) is 24.0 Å². The molecule has 0 spiro atoms. The zero-order chi connectivity index (χ0) is 17.2. The molecule has 130 valence electrons. The van der Waals surface area contributed by atoms with Gasteiger partial charge in [-0.1, -0.05) is 38.3 Å². The highest BCUT2D eigenvalue weighted by Gasteiger charge is 2.36. The zero-order valence-electron chi connectivity index (χ0n) is 14.2. The molecule has 3 rings (SSSR count). The Bertz CT molecular complexity index is 617. The van der Waals surface area contributed by atoms with E-state index >= 15 is 0 Å². The molecule has 1 saturated carbocycles. The fourth-order valence-corrected chi connectivity index (χ4v) is 3.76. The predicted molar refractivity (Wildman–Crippen MR) is 92.8 cm³/mol. The monoisotopic (exact) mass is 330 g/mol. The SMILES string of the molecule is CC1CC(=O)NN=C1C1(N)C=CC(NC(=O)C2CCCCC2)=CC1. The maximum atomic E-state index is 12.3. The average molecular weight is 330 g/mol. The first-order valence-corrected chi connectivity index (χ1v) is 8.84. The first-order chi connectivity index (χ1) is 11.5. The summed E-state index contributed by atoms with van der Waals surface area (Å²) in [5, 5.41) is 7.19. The van der Waals surface area contributed by atoms with Crippen LogP contribution in [0.4, 0.5) is 0 Å². The lowest BCUT2D eigenvalue weighted by Gasteiger charge is -2.34.